The number of nitrogens with one attached hydrogen (secondary N) is 1. The number of aromatic nitrogens is 1. The lowest BCUT2D eigenvalue weighted by molar-refractivity contribution is -0.117. The first-order chi connectivity index (χ1) is 13.1. The first-order valence-electron chi connectivity index (χ1n) is 8.54. The lowest BCUT2D eigenvalue weighted by Gasteiger charge is -2.16. The first kappa shape index (κ1) is 17.0. The van der Waals surface area contributed by atoms with Crippen molar-refractivity contribution in [3.63, 3.8) is 0 Å². The Hall–Kier alpha value is -3.48. The number of carbonyl (C=O) groups is 2. The molecule has 0 unspecified atom stereocenters. The molecule has 2 amide bonds. The Labute approximate surface area is 154 Å². The van der Waals surface area contributed by atoms with Crippen molar-refractivity contribution >= 4 is 23.2 Å². The molecule has 0 saturated carbocycles. The highest BCUT2D eigenvalue weighted by Gasteiger charge is 2.22. The van der Waals surface area contributed by atoms with E-state index in [0.717, 1.165) is 12.1 Å². The van der Waals surface area contributed by atoms with Crippen molar-refractivity contribution in [3.05, 3.63) is 66.2 Å². The van der Waals surface area contributed by atoms with Gasteiger partial charge in [0.2, 0.25) is 11.7 Å². The zero-order valence-corrected chi connectivity index (χ0v) is 14.3. The van der Waals surface area contributed by atoms with E-state index < -0.39 is 11.7 Å². The zero-order chi connectivity index (χ0) is 18.8. The highest BCUT2D eigenvalue weighted by atomic mass is 19.1. The van der Waals surface area contributed by atoms with Gasteiger partial charge in [-0.2, -0.15) is 0 Å². The SMILES string of the molecule is O=C(Nc1cccc(N2CCCC2=O)c1)c1cc(-c2cccc(F)c2)no1. The summed E-state index contributed by atoms with van der Waals surface area (Å²) in [7, 11) is 0. The Balaban J connectivity index is 1.51. The van der Waals surface area contributed by atoms with Crippen LogP contribution in [0.15, 0.2) is 59.1 Å². The number of benzene rings is 2. The molecule has 4 rings (SSSR count). The molecule has 27 heavy (non-hydrogen) atoms. The summed E-state index contributed by atoms with van der Waals surface area (Å²) in [6.07, 6.45) is 1.37. The van der Waals surface area contributed by atoms with Crippen molar-refractivity contribution < 1.29 is 18.5 Å². The van der Waals surface area contributed by atoms with Crippen LogP contribution in [0.4, 0.5) is 15.8 Å². The van der Waals surface area contributed by atoms with E-state index in [1.165, 1.54) is 18.2 Å². The second-order valence-electron chi connectivity index (χ2n) is 6.24. The number of halogens is 1. The maximum Gasteiger partial charge on any atom is 0.294 e. The van der Waals surface area contributed by atoms with E-state index in [-0.39, 0.29) is 11.7 Å². The maximum absolute atomic E-state index is 13.3. The number of hydrogen-bond donors (Lipinski definition) is 1. The van der Waals surface area contributed by atoms with Crippen molar-refractivity contribution in [2.24, 2.45) is 0 Å². The van der Waals surface area contributed by atoms with E-state index in [0.29, 0.717) is 29.9 Å². The summed E-state index contributed by atoms with van der Waals surface area (Å²) < 4.78 is 18.4. The predicted octanol–water partition coefficient (Wildman–Crippen LogP) is 3.86. The van der Waals surface area contributed by atoms with E-state index >= 15 is 0 Å². The van der Waals surface area contributed by atoms with Crippen LogP contribution in [0.5, 0.6) is 0 Å². The van der Waals surface area contributed by atoms with Gasteiger partial charge in [0.05, 0.1) is 0 Å². The highest BCUT2D eigenvalue weighted by Crippen LogP contribution is 2.25. The van der Waals surface area contributed by atoms with Crippen LogP contribution in [-0.4, -0.2) is 23.5 Å². The second-order valence-corrected chi connectivity index (χ2v) is 6.24. The molecule has 1 aromatic heterocycles. The molecule has 3 aromatic rings. The summed E-state index contributed by atoms with van der Waals surface area (Å²) in [5.41, 5.74) is 2.18. The van der Waals surface area contributed by atoms with Crippen LogP contribution in [0, 0.1) is 5.82 Å². The summed E-state index contributed by atoms with van der Waals surface area (Å²) >= 11 is 0. The van der Waals surface area contributed by atoms with Crippen molar-refractivity contribution in [3.8, 4) is 11.3 Å². The minimum Gasteiger partial charge on any atom is -0.350 e. The fraction of sp³-hybridized carbons (Fsp3) is 0.150. The van der Waals surface area contributed by atoms with Crippen LogP contribution < -0.4 is 10.2 Å². The molecule has 1 aliphatic heterocycles. The second kappa shape index (κ2) is 7.03. The number of amides is 2. The van der Waals surface area contributed by atoms with Gasteiger partial charge in [0, 0.05) is 36.0 Å². The monoisotopic (exact) mass is 365 g/mol. The van der Waals surface area contributed by atoms with Gasteiger partial charge >= 0.3 is 0 Å². The number of anilines is 2. The van der Waals surface area contributed by atoms with Gasteiger partial charge in [-0.25, -0.2) is 4.39 Å². The molecule has 0 aliphatic carbocycles. The number of carbonyl (C=O) groups excluding carboxylic acids is 2. The fourth-order valence-corrected chi connectivity index (χ4v) is 3.03. The first-order valence-corrected chi connectivity index (χ1v) is 8.54. The summed E-state index contributed by atoms with van der Waals surface area (Å²) in [5.74, 6) is -0.782. The van der Waals surface area contributed by atoms with Crippen LogP contribution in [0.2, 0.25) is 0 Å². The van der Waals surface area contributed by atoms with Gasteiger partial charge in [0.15, 0.2) is 0 Å². The van der Waals surface area contributed by atoms with Gasteiger partial charge in [-0.05, 0) is 36.8 Å². The predicted molar refractivity (Wildman–Crippen MR) is 97.9 cm³/mol. The third-order valence-electron chi connectivity index (χ3n) is 4.34. The third-order valence-corrected chi connectivity index (χ3v) is 4.34. The van der Waals surface area contributed by atoms with Gasteiger partial charge in [-0.3, -0.25) is 9.59 Å². The summed E-state index contributed by atoms with van der Waals surface area (Å²) in [6, 6.07) is 14.4. The summed E-state index contributed by atoms with van der Waals surface area (Å²) in [6.45, 7) is 0.676. The minimum atomic E-state index is -0.477. The van der Waals surface area contributed by atoms with E-state index in [9.17, 15) is 14.0 Å². The van der Waals surface area contributed by atoms with E-state index in [1.54, 1.807) is 35.2 Å². The zero-order valence-electron chi connectivity index (χ0n) is 14.3. The Morgan fingerprint density at radius 1 is 1.15 bits per heavy atom. The Bertz CT molecular complexity index is 1010. The molecule has 7 heteroatoms. The largest absolute Gasteiger partial charge is 0.350 e. The van der Waals surface area contributed by atoms with Crippen LogP contribution in [0.3, 0.4) is 0 Å². The number of hydrogen-bond acceptors (Lipinski definition) is 4. The average molecular weight is 365 g/mol. The molecule has 136 valence electrons. The Kier molecular flexibility index (Phi) is 4.42. The molecule has 1 N–H and O–H groups in total. The molecule has 1 aliphatic rings. The number of nitrogens with zero attached hydrogens (tertiary/aromatic N) is 2. The Morgan fingerprint density at radius 2 is 2.00 bits per heavy atom. The topological polar surface area (TPSA) is 75.4 Å². The molecule has 2 heterocycles. The smallest absolute Gasteiger partial charge is 0.294 e. The Morgan fingerprint density at radius 3 is 2.78 bits per heavy atom. The van der Waals surface area contributed by atoms with E-state index in [2.05, 4.69) is 10.5 Å². The van der Waals surface area contributed by atoms with E-state index in [1.807, 2.05) is 6.07 Å². The molecule has 0 radical (unpaired) electrons. The molecule has 6 nitrogen and oxygen atoms in total. The maximum atomic E-state index is 13.3. The molecule has 1 fully saturated rings. The van der Waals surface area contributed by atoms with Gasteiger partial charge in [0.1, 0.15) is 11.5 Å². The van der Waals surface area contributed by atoms with Gasteiger partial charge in [-0.1, -0.05) is 23.4 Å². The van der Waals surface area contributed by atoms with Gasteiger partial charge < -0.3 is 14.7 Å². The molecule has 0 atom stereocenters. The molecule has 0 spiro atoms. The quantitative estimate of drug-likeness (QED) is 0.762. The summed E-state index contributed by atoms with van der Waals surface area (Å²) in [4.78, 5) is 26.0. The minimum absolute atomic E-state index is 0.0110. The number of rotatable bonds is 4. The van der Waals surface area contributed by atoms with Crippen LogP contribution in [0.1, 0.15) is 23.4 Å². The molecule has 0 bridgehead atoms. The van der Waals surface area contributed by atoms with Crippen molar-refractivity contribution in [1.29, 1.82) is 0 Å². The average Bonchev–Trinajstić information content (AvgIpc) is 3.31. The highest BCUT2D eigenvalue weighted by molar-refractivity contribution is 6.03. The third kappa shape index (κ3) is 3.57. The molecule has 2 aromatic carbocycles. The van der Waals surface area contributed by atoms with E-state index in [4.69, 9.17) is 4.52 Å². The van der Waals surface area contributed by atoms with Crippen LogP contribution >= 0.6 is 0 Å². The molecular weight excluding hydrogens is 349 g/mol. The molecular formula is C20H16FN3O3. The fourth-order valence-electron chi connectivity index (χ4n) is 3.03. The summed E-state index contributed by atoms with van der Waals surface area (Å²) in [5, 5.41) is 6.55. The van der Waals surface area contributed by atoms with Crippen molar-refractivity contribution in [2.75, 3.05) is 16.8 Å². The van der Waals surface area contributed by atoms with Crippen LogP contribution in [-0.2, 0) is 4.79 Å². The van der Waals surface area contributed by atoms with Crippen LogP contribution in [0.25, 0.3) is 11.3 Å². The van der Waals surface area contributed by atoms with Crippen molar-refractivity contribution in [1.82, 2.24) is 5.16 Å². The van der Waals surface area contributed by atoms with Crippen molar-refractivity contribution in [2.45, 2.75) is 12.8 Å². The lowest BCUT2D eigenvalue weighted by atomic mass is 10.1. The van der Waals surface area contributed by atoms with Gasteiger partial charge in [-0.15, -0.1) is 0 Å². The normalized spacial score (nSPS) is 13.8. The standard InChI is InChI=1S/C20H16FN3O3/c21-14-5-1-4-13(10-14)17-12-18(27-23-17)20(26)22-15-6-2-7-16(11-15)24-9-3-8-19(24)25/h1-2,4-7,10-12H,3,8-9H2,(H,22,26). The van der Waals surface area contributed by atoms with Gasteiger partial charge in [0.25, 0.3) is 5.91 Å². The molecule has 1 saturated heterocycles. The lowest BCUT2D eigenvalue weighted by Crippen LogP contribution is -2.23.